The molecule has 2 aromatic carbocycles. The minimum Gasteiger partial charge on any atom is -0.368 e. The first-order chi connectivity index (χ1) is 16.0. The fourth-order valence-electron chi connectivity index (χ4n) is 5.77. The molecule has 174 valence electrons. The Hall–Kier alpha value is -2.53. The van der Waals surface area contributed by atoms with Crippen LogP contribution in [0.3, 0.4) is 0 Å². The Bertz CT molecular complexity index is 1040. The number of urea groups is 1. The Morgan fingerprint density at radius 3 is 2.36 bits per heavy atom. The number of carbonyl (C=O) groups excluding carboxylic acids is 2. The van der Waals surface area contributed by atoms with Crippen LogP contribution < -0.4 is 9.80 Å². The fraction of sp³-hybridized carbons (Fsp3) is 0.481. The monoisotopic (exact) mass is 465 g/mol. The van der Waals surface area contributed by atoms with Gasteiger partial charge in [0.15, 0.2) is 0 Å². The molecule has 1 aliphatic carbocycles. The summed E-state index contributed by atoms with van der Waals surface area (Å²) < 4.78 is 0. The number of rotatable bonds is 3. The number of hydrogen-bond donors (Lipinski definition) is 0. The van der Waals surface area contributed by atoms with E-state index in [4.69, 9.17) is 11.6 Å². The molecule has 6 heteroatoms. The molecule has 5 rings (SSSR count). The standard InChI is InChI=1S/C27H32ClN3O2/c1-19-6-2-5-9-24(19)29-12-14-30(15-13-29)27(33)31-18-22(26(32)20-7-3-4-8-20)16-21-17-23(28)10-11-25(21)31/h2,5-6,9-11,17,20,22H,3-4,7-8,12-16,18H2,1H3/t22-/m0/s1. The number of fused-ring (bicyclic) bond motifs is 1. The van der Waals surface area contributed by atoms with E-state index >= 15 is 0 Å². The van der Waals surface area contributed by atoms with Crippen molar-refractivity contribution < 1.29 is 9.59 Å². The lowest BCUT2D eigenvalue weighted by Gasteiger charge is -2.41. The SMILES string of the molecule is Cc1ccccc1N1CCN(C(=O)N2C[C@@H](C(=O)C3CCCC3)Cc3cc(Cl)ccc32)CC1. The Morgan fingerprint density at radius 2 is 1.64 bits per heavy atom. The highest BCUT2D eigenvalue weighted by Gasteiger charge is 2.38. The Morgan fingerprint density at radius 1 is 0.909 bits per heavy atom. The van der Waals surface area contributed by atoms with E-state index in [-0.39, 0.29) is 17.9 Å². The van der Waals surface area contributed by atoms with E-state index < -0.39 is 0 Å². The molecule has 0 N–H and O–H groups in total. The van der Waals surface area contributed by atoms with Gasteiger partial charge >= 0.3 is 6.03 Å². The number of benzene rings is 2. The van der Waals surface area contributed by atoms with Gasteiger partial charge in [-0.05, 0) is 61.6 Å². The van der Waals surface area contributed by atoms with Gasteiger partial charge in [-0.15, -0.1) is 0 Å². The number of nitrogens with zero attached hydrogens (tertiary/aromatic N) is 3. The summed E-state index contributed by atoms with van der Waals surface area (Å²) in [5.74, 6) is 0.349. The van der Waals surface area contributed by atoms with Crippen LogP contribution in [-0.2, 0) is 11.2 Å². The van der Waals surface area contributed by atoms with E-state index in [1.165, 1.54) is 11.3 Å². The van der Waals surface area contributed by atoms with Crippen molar-refractivity contribution in [2.24, 2.45) is 11.8 Å². The van der Waals surface area contributed by atoms with Gasteiger partial charge in [0.1, 0.15) is 5.78 Å². The molecule has 5 nitrogen and oxygen atoms in total. The van der Waals surface area contributed by atoms with Crippen molar-refractivity contribution in [3.63, 3.8) is 0 Å². The molecule has 2 heterocycles. The van der Waals surface area contributed by atoms with Crippen molar-refractivity contribution in [1.82, 2.24) is 4.90 Å². The van der Waals surface area contributed by atoms with Crippen molar-refractivity contribution in [3.8, 4) is 0 Å². The van der Waals surface area contributed by atoms with Gasteiger partial charge in [0, 0.05) is 61.0 Å². The van der Waals surface area contributed by atoms with Crippen molar-refractivity contribution in [2.75, 3.05) is 42.5 Å². The molecular formula is C27H32ClN3O2. The average molecular weight is 466 g/mol. The van der Waals surface area contributed by atoms with Crippen LogP contribution >= 0.6 is 11.6 Å². The lowest BCUT2D eigenvalue weighted by atomic mass is 9.83. The highest BCUT2D eigenvalue weighted by molar-refractivity contribution is 6.30. The van der Waals surface area contributed by atoms with E-state index in [2.05, 4.69) is 36.1 Å². The summed E-state index contributed by atoms with van der Waals surface area (Å²) in [7, 11) is 0. The minimum absolute atomic E-state index is 0.00641. The molecule has 0 bridgehead atoms. The van der Waals surface area contributed by atoms with Gasteiger partial charge in [-0.25, -0.2) is 4.79 Å². The summed E-state index contributed by atoms with van der Waals surface area (Å²) in [6, 6.07) is 14.1. The second-order valence-corrected chi connectivity index (χ2v) is 10.1. The fourth-order valence-corrected chi connectivity index (χ4v) is 5.97. The van der Waals surface area contributed by atoms with E-state index in [9.17, 15) is 9.59 Å². The quantitative estimate of drug-likeness (QED) is 0.615. The zero-order chi connectivity index (χ0) is 22.9. The Labute approximate surface area is 201 Å². The molecule has 2 fully saturated rings. The zero-order valence-electron chi connectivity index (χ0n) is 19.3. The second kappa shape index (κ2) is 9.38. The Kier molecular flexibility index (Phi) is 6.33. The number of amides is 2. The molecule has 2 aliphatic heterocycles. The van der Waals surface area contributed by atoms with E-state index in [1.54, 1.807) is 0 Å². The van der Waals surface area contributed by atoms with E-state index in [1.807, 2.05) is 28.0 Å². The summed E-state index contributed by atoms with van der Waals surface area (Å²) >= 11 is 6.29. The first-order valence-corrected chi connectivity index (χ1v) is 12.6. The number of para-hydroxylation sites is 1. The van der Waals surface area contributed by atoms with Crippen LogP contribution in [0.15, 0.2) is 42.5 Å². The van der Waals surface area contributed by atoms with Crippen molar-refractivity contribution in [3.05, 3.63) is 58.6 Å². The van der Waals surface area contributed by atoms with Crippen LogP contribution in [0.5, 0.6) is 0 Å². The van der Waals surface area contributed by atoms with Crippen LogP contribution in [0.25, 0.3) is 0 Å². The summed E-state index contributed by atoms with van der Waals surface area (Å²) in [6.07, 6.45) is 4.94. The summed E-state index contributed by atoms with van der Waals surface area (Å²) in [4.78, 5) is 33.1. The third-order valence-corrected chi connectivity index (χ3v) is 7.83. The maximum absolute atomic E-state index is 13.7. The van der Waals surface area contributed by atoms with Crippen LogP contribution in [-0.4, -0.2) is 49.4 Å². The normalized spacial score (nSPS) is 21.3. The molecule has 0 aromatic heterocycles. The summed E-state index contributed by atoms with van der Waals surface area (Å²) in [5.41, 5.74) is 4.41. The number of anilines is 2. The molecule has 3 aliphatic rings. The maximum atomic E-state index is 13.7. The molecule has 1 atom stereocenters. The largest absolute Gasteiger partial charge is 0.368 e. The minimum atomic E-state index is -0.142. The molecule has 1 saturated heterocycles. The van der Waals surface area contributed by atoms with Gasteiger partial charge in [0.25, 0.3) is 0 Å². The highest BCUT2D eigenvalue weighted by Crippen LogP contribution is 2.36. The Balaban J connectivity index is 1.33. The lowest BCUT2D eigenvalue weighted by Crippen LogP contribution is -2.55. The lowest BCUT2D eigenvalue weighted by molar-refractivity contribution is -0.126. The van der Waals surface area contributed by atoms with Gasteiger partial charge in [-0.2, -0.15) is 0 Å². The first-order valence-electron chi connectivity index (χ1n) is 12.2. The topological polar surface area (TPSA) is 43.9 Å². The van der Waals surface area contributed by atoms with Gasteiger partial charge in [0.05, 0.1) is 0 Å². The van der Waals surface area contributed by atoms with Crippen LogP contribution in [0, 0.1) is 18.8 Å². The molecular weight excluding hydrogens is 434 g/mol. The molecule has 2 aromatic rings. The van der Waals surface area contributed by atoms with Crippen LogP contribution in [0.4, 0.5) is 16.2 Å². The number of halogens is 1. The average Bonchev–Trinajstić information content (AvgIpc) is 3.38. The van der Waals surface area contributed by atoms with Crippen molar-refractivity contribution in [1.29, 1.82) is 0 Å². The number of ketones is 1. The predicted molar refractivity (Wildman–Crippen MR) is 133 cm³/mol. The van der Waals surface area contributed by atoms with Crippen LogP contribution in [0.1, 0.15) is 36.8 Å². The predicted octanol–water partition coefficient (Wildman–Crippen LogP) is 5.33. The number of hydrogen-bond acceptors (Lipinski definition) is 3. The molecule has 33 heavy (non-hydrogen) atoms. The summed E-state index contributed by atoms with van der Waals surface area (Å²) in [6.45, 7) is 5.57. The number of piperazine rings is 1. The molecule has 0 radical (unpaired) electrons. The van der Waals surface area contributed by atoms with E-state index in [0.29, 0.717) is 36.9 Å². The molecule has 1 saturated carbocycles. The third-order valence-electron chi connectivity index (χ3n) is 7.60. The van der Waals surface area contributed by atoms with Gasteiger partial charge < -0.3 is 9.80 Å². The third kappa shape index (κ3) is 4.48. The van der Waals surface area contributed by atoms with E-state index in [0.717, 1.165) is 50.0 Å². The van der Waals surface area contributed by atoms with Crippen LogP contribution in [0.2, 0.25) is 5.02 Å². The van der Waals surface area contributed by atoms with Gasteiger partial charge in [-0.3, -0.25) is 9.69 Å². The molecule has 2 amide bonds. The zero-order valence-corrected chi connectivity index (χ0v) is 20.1. The van der Waals surface area contributed by atoms with Gasteiger partial charge in [0.2, 0.25) is 0 Å². The highest BCUT2D eigenvalue weighted by atomic mass is 35.5. The second-order valence-electron chi connectivity index (χ2n) is 9.71. The number of aryl methyl sites for hydroxylation is 1. The first kappa shape index (κ1) is 22.3. The molecule has 0 spiro atoms. The maximum Gasteiger partial charge on any atom is 0.324 e. The number of Topliss-reactive ketones (excluding diaryl/α,β-unsaturated/α-hetero) is 1. The molecule has 0 unspecified atom stereocenters. The van der Waals surface area contributed by atoms with Gasteiger partial charge in [-0.1, -0.05) is 42.6 Å². The smallest absolute Gasteiger partial charge is 0.324 e. The van der Waals surface area contributed by atoms with Crippen molar-refractivity contribution in [2.45, 2.75) is 39.0 Å². The van der Waals surface area contributed by atoms with Crippen molar-refractivity contribution >= 4 is 34.8 Å². The summed E-state index contributed by atoms with van der Waals surface area (Å²) in [5, 5.41) is 0.655. The number of carbonyl (C=O) groups is 2.